The Morgan fingerprint density at radius 1 is 1.18 bits per heavy atom. The van der Waals surface area contributed by atoms with Crippen LogP contribution in [0.4, 0.5) is 0 Å². The van der Waals surface area contributed by atoms with E-state index in [4.69, 9.17) is 4.74 Å². The molecular weight excluding hydrogens is 210 g/mol. The molecule has 0 aliphatic rings. The third-order valence-corrected chi connectivity index (χ3v) is 3.25. The Balaban J connectivity index is 2.59. The zero-order chi connectivity index (χ0) is 12.7. The summed E-state index contributed by atoms with van der Waals surface area (Å²) in [5, 5.41) is 3.55. The molecule has 1 aromatic rings. The number of rotatable bonds is 7. The van der Waals surface area contributed by atoms with Gasteiger partial charge in [0.15, 0.2) is 0 Å². The van der Waals surface area contributed by atoms with E-state index in [-0.39, 0.29) is 6.10 Å². The molecule has 96 valence electrons. The molecule has 0 aromatic heterocycles. The maximum absolute atomic E-state index is 5.25. The van der Waals surface area contributed by atoms with Gasteiger partial charge in [0.05, 0.1) is 6.10 Å². The van der Waals surface area contributed by atoms with Crippen LogP contribution in [0.1, 0.15) is 44.4 Å². The van der Waals surface area contributed by atoms with E-state index in [1.165, 1.54) is 11.1 Å². The van der Waals surface area contributed by atoms with Crippen molar-refractivity contribution in [2.45, 2.75) is 45.8 Å². The molecule has 2 unspecified atom stereocenters. The molecule has 0 aliphatic heterocycles. The molecule has 0 spiro atoms. The second-order valence-corrected chi connectivity index (χ2v) is 4.51. The zero-order valence-corrected chi connectivity index (χ0v) is 11.5. The van der Waals surface area contributed by atoms with Gasteiger partial charge in [0.25, 0.3) is 0 Å². The van der Waals surface area contributed by atoms with Gasteiger partial charge >= 0.3 is 0 Å². The molecule has 0 saturated heterocycles. The van der Waals surface area contributed by atoms with Crippen LogP contribution in [-0.4, -0.2) is 19.8 Å². The molecule has 0 fully saturated rings. The van der Waals surface area contributed by atoms with Crippen molar-refractivity contribution in [2.75, 3.05) is 13.7 Å². The first kappa shape index (κ1) is 14.2. The number of hydrogen-bond acceptors (Lipinski definition) is 2. The highest BCUT2D eigenvalue weighted by atomic mass is 16.5. The summed E-state index contributed by atoms with van der Waals surface area (Å²) >= 11 is 0. The van der Waals surface area contributed by atoms with E-state index in [1.54, 1.807) is 7.11 Å². The fourth-order valence-corrected chi connectivity index (χ4v) is 1.88. The lowest BCUT2D eigenvalue weighted by Crippen LogP contribution is -2.29. The van der Waals surface area contributed by atoms with E-state index in [1.807, 2.05) is 0 Å². The minimum atomic E-state index is 0.263. The third-order valence-electron chi connectivity index (χ3n) is 3.25. The Labute approximate surface area is 105 Å². The van der Waals surface area contributed by atoms with Gasteiger partial charge in [-0.1, -0.05) is 38.1 Å². The molecule has 2 nitrogen and oxygen atoms in total. The predicted octanol–water partition coefficient (Wildman–Crippen LogP) is 3.32. The SMILES string of the molecule is CCc1ccc(C(CC)NCC(C)OC)cc1. The van der Waals surface area contributed by atoms with E-state index in [0.717, 1.165) is 19.4 Å². The van der Waals surface area contributed by atoms with Crippen LogP contribution in [-0.2, 0) is 11.2 Å². The third kappa shape index (κ3) is 4.49. The Bertz CT molecular complexity index is 307. The number of ether oxygens (including phenoxy) is 1. The van der Waals surface area contributed by atoms with Crippen molar-refractivity contribution in [3.63, 3.8) is 0 Å². The molecule has 17 heavy (non-hydrogen) atoms. The topological polar surface area (TPSA) is 21.3 Å². The lowest BCUT2D eigenvalue weighted by molar-refractivity contribution is 0.114. The molecule has 2 atom stereocenters. The summed E-state index contributed by atoms with van der Waals surface area (Å²) in [4.78, 5) is 0. The van der Waals surface area contributed by atoms with Crippen molar-refractivity contribution >= 4 is 0 Å². The molecule has 2 heteroatoms. The number of methoxy groups -OCH3 is 1. The van der Waals surface area contributed by atoms with Crippen molar-refractivity contribution < 1.29 is 4.74 Å². The Hall–Kier alpha value is -0.860. The van der Waals surface area contributed by atoms with Gasteiger partial charge in [-0.15, -0.1) is 0 Å². The molecule has 0 amide bonds. The minimum Gasteiger partial charge on any atom is -0.380 e. The standard InChI is InChI=1S/C15H25NO/c1-5-13-7-9-14(10-8-13)15(6-2)16-11-12(3)17-4/h7-10,12,15-16H,5-6,11H2,1-4H3. The number of hydrogen-bond donors (Lipinski definition) is 1. The predicted molar refractivity (Wildman–Crippen MR) is 73.3 cm³/mol. The van der Waals surface area contributed by atoms with Crippen molar-refractivity contribution in [3.8, 4) is 0 Å². The van der Waals surface area contributed by atoms with Gasteiger partial charge in [-0.3, -0.25) is 0 Å². The van der Waals surface area contributed by atoms with E-state index in [2.05, 4.69) is 50.4 Å². The molecule has 0 saturated carbocycles. The molecule has 1 aromatic carbocycles. The van der Waals surface area contributed by atoms with Crippen LogP contribution >= 0.6 is 0 Å². The summed E-state index contributed by atoms with van der Waals surface area (Å²) in [5.74, 6) is 0. The first-order valence-corrected chi connectivity index (χ1v) is 6.56. The van der Waals surface area contributed by atoms with Crippen LogP contribution in [0.2, 0.25) is 0 Å². The van der Waals surface area contributed by atoms with E-state index >= 15 is 0 Å². The maximum Gasteiger partial charge on any atom is 0.0667 e. The highest BCUT2D eigenvalue weighted by Crippen LogP contribution is 2.17. The smallest absolute Gasteiger partial charge is 0.0667 e. The highest BCUT2D eigenvalue weighted by molar-refractivity contribution is 5.25. The Morgan fingerprint density at radius 3 is 2.29 bits per heavy atom. The second-order valence-electron chi connectivity index (χ2n) is 4.51. The van der Waals surface area contributed by atoms with Crippen LogP contribution < -0.4 is 5.32 Å². The first-order valence-electron chi connectivity index (χ1n) is 6.56. The molecule has 0 bridgehead atoms. The van der Waals surface area contributed by atoms with E-state index in [9.17, 15) is 0 Å². The minimum absolute atomic E-state index is 0.263. The average Bonchev–Trinajstić information content (AvgIpc) is 2.39. The lowest BCUT2D eigenvalue weighted by atomic mass is 10.0. The summed E-state index contributed by atoms with van der Waals surface area (Å²) in [7, 11) is 1.75. The van der Waals surface area contributed by atoms with Gasteiger partial charge in [-0.05, 0) is 30.9 Å². The van der Waals surface area contributed by atoms with Crippen LogP contribution in [0.5, 0.6) is 0 Å². The molecule has 1 rings (SSSR count). The summed E-state index contributed by atoms with van der Waals surface area (Å²) in [6.45, 7) is 7.37. The first-order chi connectivity index (χ1) is 8.21. The van der Waals surface area contributed by atoms with Gasteiger partial charge in [-0.25, -0.2) is 0 Å². The van der Waals surface area contributed by atoms with Crippen LogP contribution in [0.25, 0.3) is 0 Å². The second kappa shape index (κ2) is 7.46. The lowest BCUT2D eigenvalue weighted by Gasteiger charge is -2.20. The number of nitrogens with one attached hydrogen (secondary N) is 1. The van der Waals surface area contributed by atoms with Gasteiger partial charge in [-0.2, -0.15) is 0 Å². The normalized spacial score (nSPS) is 14.6. The number of aryl methyl sites for hydroxylation is 1. The molecule has 0 radical (unpaired) electrons. The van der Waals surface area contributed by atoms with Crippen molar-refractivity contribution in [3.05, 3.63) is 35.4 Å². The van der Waals surface area contributed by atoms with Gasteiger partial charge in [0, 0.05) is 19.7 Å². The summed E-state index contributed by atoms with van der Waals surface area (Å²) in [5.41, 5.74) is 2.77. The van der Waals surface area contributed by atoms with Crippen molar-refractivity contribution in [2.24, 2.45) is 0 Å². The van der Waals surface area contributed by atoms with Crippen LogP contribution in [0.3, 0.4) is 0 Å². The fraction of sp³-hybridized carbons (Fsp3) is 0.600. The van der Waals surface area contributed by atoms with Crippen LogP contribution in [0, 0.1) is 0 Å². The van der Waals surface area contributed by atoms with E-state index < -0.39 is 0 Å². The quantitative estimate of drug-likeness (QED) is 0.782. The molecule has 0 heterocycles. The van der Waals surface area contributed by atoms with Crippen LogP contribution in [0.15, 0.2) is 24.3 Å². The number of benzene rings is 1. The Kier molecular flexibility index (Phi) is 6.23. The highest BCUT2D eigenvalue weighted by Gasteiger charge is 2.09. The van der Waals surface area contributed by atoms with Gasteiger partial charge < -0.3 is 10.1 Å². The largest absolute Gasteiger partial charge is 0.380 e. The average molecular weight is 235 g/mol. The van der Waals surface area contributed by atoms with Gasteiger partial charge in [0.2, 0.25) is 0 Å². The zero-order valence-electron chi connectivity index (χ0n) is 11.5. The molecule has 0 aliphatic carbocycles. The molecular formula is C15H25NO. The Morgan fingerprint density at radius 2 is 1.82 bits per heavy atom. The summed E-state index contributed by atoms with van der Waals surface area (Å²) in [6, 6.07) is 9.34. The van der Waals surface area contributed by atoms with Crippen molar-refractivity contribution in [1.29, 1.82) is 0 Å². The summed E-state index contributed by atoms with van der Waals surface area (Å²) < 4.78 is 5.25. The molecule has 1 N–H and O–H groups in total. The van der Waals surface area contributed by atoms with Crippen molar-refractivity contribution in [1.82, 2.24) is 5.32 Å². The fourth-order valence-electron chi connectivity index (χ4n) is 1.88. The van der Waals surface area contributed by atoms with E-state index in [0.29, 0.717) is 6.04 Å². The summed E-state index contributed by atoms with van der Waals surface area (Å²) in [6.07, 6.45) is 2.46. The monoisotopic (exact) mass is 235 g/mol. The maximum atomic E-state index is 5.25. The van der Waals surface area contributed by atoms with Gasteiger partial charge in [0.1, 0.15) is 0 Å².